The Kier molecular flexibility index (Phi) is 5.80. The van der Waals surface area contributed by atoms with Crippen molar-refractivity contribution in [2.75, 3.05) is 11.1 Å². The molecule has 0 aliphatic carbocycles. The number of para-hydroxylation sites is 2. The van der Waals surface area contributed by atoms with Crippen LogP contribution in [-0.2, 0) is 11.3 Å². The van der Waals surface area contributed by atoms with E-state index in [4.69, 9.17) is 11.6 Å². The number of carbonyl (C=O) groups excluding carboxylic acids is 1. The summed E-state index contributed by atoms with van der Waals surface area (Å²) in [5, 5.41) is 22.2. The van der Waals surface area contributed by atoms with Crippen molar-refractivity contribution in [2.24, 2.45) is 0 Å². The fourth-order valence-corrected chi connectivity index (χ4v) is 3.41. The normalized spacial score (nSPS) is 10.7. The topological polar surface area (TPSA) is 80.0 Å². The highest BCUT2D eigenvalue weighted by Gasteiger charge is 2.17. The van der Waals surface area contributed by atoms with Crippen LogP contribution in [0.5, 0.6) is 5.75 Å². The number of benzene rings is 2. The number of halogens is 1. The maximum atomic E-state index is 12.2. The minimum atomic E-state index is -0.183. The summed E-state index contributed by atoms with van der Waals surface area (Å²) in [4.78, 5) is 12.2. The number of phenolic OH excluding ortho intramolecular Hbond substituents is 1. The van der Waals surface area contributed by atoms with Crippen LogP contribution < -0.4 is 5.32 Å². The zero-order valence-electron chi connectivity index (χ0n) is 14.0. The number of aromatic hydroxyl groups is 1. The molecular formula is C18H17ClN4O2S. The van der Waals surface area contributed by atoms with Gasteiger partial charge in [0.05, 0.1) is 22.0 Å². The number of thioether (sulfide) groups is 1. The molecule has 0 radical (unpaired) electrons. The lowest BCUT2D eigenvalue weighted by molar-refractivity contribution is -0.113. The third-order valence-corrected chi connectivity index (χ3v) is 4.95. The predicted molar refractivity (Wildman–Crippen MR) is 104 cm³/mol. The molecule has 2 N–H and O–H groups in total. The first-order chi connectivity index (χ1) is 12.6. The Morgan fingerprint density at radius 2 is 1.92 bits per heavy atom. The molecule has 26 heavy (non-hydrogen) atoms. The summed E-state index contributed by atoms with van der Waals surface area (Å²) in [6.45, 7) is 2.58. The standard InChI is InChI=1S/C18H17ClN4O2S/c1-2-23-17(12-7-3-6-10-15(12)24)21-22-18(23)26-11-16(25)20-14-9-5-4-8-13(14)19/h3-10,24H,2,11H2,1H3,(H,20,25). The van der Waals surface area contributed by atoms with Crippen LogP contribution in [0.4, 0.5) is 5.69 Å². The summed E-state index contributed by atoms with van der Waals surface area (Å²) in [7, 11) is 0. The zero-order chi connectivity index (χ0) is 18.5. The smallest absolute Gasteiger partial charge is 0.234 e. The number of phenols is 1. The van der Waals surface area contributed by atoms with Crippen molar-refractivity contribution < 1.29 is 9.90 Å². The van der Waals surface area contributed by atoms with Gasteiger partial charge in [-0.15, -0.1) is 10.2 Å². The van der Waals surface area contributed by atoms with E-state index in [1.54, 1.807) is 42.5 Å². The second kappa shape index (κ2) is 8.25. The second-order valence-electron chi connectivity index (χ2n) is 5.38. The van der Waals surface area contributed by atoms with Crippen LogP contribution in [0.3, 0.4) is 0 Å². The quantitative estimate of drug-likeness (QED) is 0.622. The highest BCUT2D eigenvalue weighted by molar-refractivity contribution is 7.99. The molecule has 8 heteroatoms. The molecule has 0 saturated carbocycles. The van der Waals surface area contributed by atoms with E-state index in [2.05, 4.69) is 15.5 Å². The van der Waals surface area contributed by atoms with E-state index >= 15 is 0 Å². The summed E-state index contributed by atoms with van der Waals surface area (Å²) >= 11 is 7.33. The average Bonchev–Trinajstić information content (AvgIpc) is 3.05. The van der Waals surface area contributed by atoms with Crippen molar-refractivity contribution >= 4 is 35.0 Å². The lowest BCUT2D eigenvalue weighted by Crippen LogP contribution is -2.15. The zero-order valence-corrected chi connectivity index (χ0v) is 15.6. The number of anilines is 1. The van der Waals surface area contributed by atoms with Gasteiger partial charge in [0, 0.05) is 6.54 Å². The summed E-state index contributed by atoms with van der Waals surface area (Å²) in [5.74, 6) is 0.699. The Hall–Kier alpha value is -2.51. The Morgan fingerprint density at radius 3 is 2.65 bits per heavy atom. The number of hydrogen-bond donors (Lipinski definition) is 2. The fraction of sp³-hybridized carbons (Fsp3) is 0.167. The van der Waals surface area contributed by atoms with Gasteiger partial charge in [-0.05, 0) is 31.2 Å². The molecule has 3 aromatic rings. The summed E-state index contributed by atoms with van der Waals surface area (Å²) in [6.07, 6.45) is 0. The monoisotopic (exact) mass is 388 g/mol. The molecule has 0 unspecified atom stereocenters. The molecular weight excluding hydrogens is 372 g/mol. The van der Waals surface area contributed by atoms with Gasteiger partial charge in [-0.2, -0.15) is 0 Å². The second-order valence-corrected chi connectivity index (χ2v) is 6.73. The van der Waals surface area contributed by atoms with Gasteiger partial charge in [0.15, 0.2) is 11.0 Å². The minimum absolute atomic E-state index is 0.141. The Labute approximate surface area is 160 Å². The highest BCUT2D eigenvalue weighted by atomic mass is 35.5. The van der Waals surface area contributed by atoms with E-state index in [9.17, 15) is 9.90 Å². The first-order valence-corrected chi connectivity index (χ1v) is 9.35. The summed E-state index contributed by atoms with van der Waals surface area (Å²) < 4.78 is 1.86. The molecule has 134 valence electrons. The maximum Gasteiger partial charge on any atom is 0.234 e. The molecule has 1 aromatic heterocycles. The van der Waals surface area contributed by atoms with Crippen LogP contribution in [0.2, 0.25) is 5.02 Å². The Bertz CT molecular complexity index is 929. The summed E-state index contributed by atoms with van der Waals surface area (Å²) in [5.41, 5.74) is 1.18. The van der Waals surface area contributed by atoms with E-state index in [0.29, 0.717) is 33.8 Å². The lowest BCUT2D eigenvalue weighted by atomic mass is 10.2. The first kappa shape index (κ1) is 18.3. The van der Waals surface area contributed by atoms with Crippen LogP contribution in [0, 0.1) is 0 Å². The van der Waals surface area contributed by atoms with E-state index in [-0.39, 0.29) is 17.4 Å². The van der Waals surface area contributed by atoms with Crippen LogP contribution >= 0.6 is 23.4 Å². The van der Waals surface area contributed by atoms with Crippen molar-refractivity contribution in [1.29, 1.82) is 0 Å². The Balaban J connectivity index is 1.72. The molecule has 2 aromatic carbocycles. The summed E-state index contributed by atoms with van der Waals surface area (Å²) in [6, 6.07) is 14.0. The van der Waals surface area contributed by atoms with E-state index in [1.807, 2.05) is 17.6 Å². The maximum absolute atomic E-state index is 12.2. The number of nitrogens with one attached hydrogen (secondary N) is 1. The molecule has 1 heterocycles. The number of aromatic nitrogens is 3. The van der Waals surface area contributed by atoms with Crippen molar-refractivity contribution in [3.63, 3.8) is 0 Å². The van der Waals surface area contributed by atoms with E-state index in [0.717, 1.165) is 0 Å². The number of rotatable bonds is 6. The van der Waals surface area contributed by atoms with Gasteiger partial charge >= 0.3 is 0 Å². The van der Waals surface area contributed by atoms with Crippen molar-refractivity contribution in [3.05, 3.63) is 53.6 Å². The average molecular weight is 389 g/mol. The van der Waals surface area contributed by atoms with Crippen molar-refractivity contribution in [3.8, 4) is 17.1 Å². The first-order valence-electron chi connectivity index (χ1n) is 7.99. The number of hydrogen-bond acceptors (Lipinski definition) is 5. The Morgan fingerprint density at radius 1 is 1.19 bits per heavy atom. The highest BCUT2D eigenvalue weighted by Crippen LogP contribution is 2.30. The molecule has 0 aliphatic heterocycles. The molecule has 0 aliphatic rings. The molecule has 0 bridgehead atoms. The van der Waals surface area contributed by atoms with Crippen molar-refractivity contribution in [2.45, 2.75) is 18.6 Å². The van der Waals surface area contributed by atoms with E-state index < -0.39 is 0 Å². The molecule has 0 atom stereocenters. The lowest BCUT2D eigenvalue weighted by Gasteiger charge is -2.09. The largest absolute Gasteiger partial charge is 0.507 e. The van der Waals surface area contributed by atoms with Crippen LogP contribution in [-0.4, -0.2) is 31.5 Å². The molecule has 0 fully saturated rings. The van der Waals surface area contributed by atoms with Crippen LogP contribution in [0.15, 0.2) is 53.7 Å². The van der Waals surface area contributed by atoms with E-state index in [1.165, 1.54) is 11.8 Å². The molecule has 6 nitrogen and oxygen atoms in total. The van der Waals surface area contributed by atoms with Gasteiger partial charge in [0.1, 0.15) is 5.75 Å². The third-order valence-electron chi connectivity index (χ3n) is 3.66. The molecule has 0 saturated heterocycles. The third kappa shape index (κ3) is 4.00. The van der Waals surface area contributed by atoms with Crippen LogP contribution in [0.25, 0.3) is 11.4 Å². The SMILES string of the molecule is CCn1c(SCC(=O)Nc2ccccc2Cl)nnc1-c1ccccc1O. The number of nitrogens with zero attached hydrogens (tertiary/aromatic N) is 3. The van der Waals surface area contributed by atoms with Gasteiger partial charge < -0.3 is 15.0 Å². The predicted octanol–water partition coefficient (Wildman–Crippen LogP) is 4.05. The van der Waals surface area contributed by atoms with Crippen LogP contribution in [0.1, 0.15) is 6.92 Å². The molecule has 1 amide bonds. The minimum Gasteiger partial charge on any atom is -0.507 e. The van der Waals surface area contributed by atoms with Gasteiger partial charge in [0.2, 0.25) is 5.91 Å². The van der Waals surface area contributed by atoms with Crippen molar-refractivity contribution in [1.82, 2.24) is 14.8 Å². The number of amides is 1. The van der Waals surface area contributed by atoms with Gasteiger partial charge in [0.25, 0.3) is 0 Å². The number of carbonyl (C=O) groups is 1. The van der Waals surface area contributed by atoms with Gasteiger partial charge in [-0.1, -0.05) is 47.6 Å². The van der Waals surface area contributed by atoms with Gasteiger partial charge in [-0.3, -0.25) is 4.79 Å². The molecule has 3 rings (SSSR count). The molecule has 0 spiro atoms. The van der Waals surface area contributed by atoms with Gasteiger partial charge in [-0.25, -0.2) is 0 Å². The fourth-order valence-electron chi connectivity index (χ4n) is 2.42.